The largest absolute Gasteiger partial charge is 0.493 e. The first kappa shape index (κ1) is 20.0. The smallest absolute Gasteiger partial charge is 0.407 e. The van der Waals surface area contributed by atoms with Gasteiger partial charge in [-0.25, -0.2) is 4.79 Å². The summed E-state index contributed by atoms with van der Waals surface area (Å²) in [5.74, 6) is 0.863. The Kier molecular flexibility index (Phi) is 6.41. The average molecular weight is 383 g/mol. The second-order valence-electron chi connectivity index (χ2n) is 6.96. The fourth-order valence-corrected chi connectivity index (χ4v) is 3.88. The van der Waals surface area contributed by atoms with Gasteiger partial charge in [-0.15, -0.1) is 0 Å². The highest BCUT2D eigenvalue weighted by Gasteiger charge is 2.29. The lowest BCUT2D eigenvalue weighted by molar-refractivity contribution is 0.134. The summed E-state index contributed by atoms with van der Waals surface area (Å²) in [6.07, 6.45) is 0.0305. The molecule has 0 unspecified atom stereocenters. The van der Waals surface area contributed by atoms with Gasteiger partial charge in [0.2, 0.25) is 0 Å². The molecule has 0 saturated carbocycles. The molecular weight excluding hydrogens is 354 g/mol. The van der Waals surface area contributed by atoms with Crippen molar-refractivity contribution in [3.05, 3.63) is 48.0 Å². The first-order chi connectivity index (χ1) is 13.6. The number of carboxylic acid groups (broad SMARTS) is 1. The molecule has 0 radical (unpaired) electrons. The van der Waals surface area contributed by atoms with Crippen molar-refractivity contribution in [1.29, 1.82) is 0 Å². The Morgan fingerprint density at radius 2 is 2.00 bits per heavy atom. The Balaban J connectivity index is 1.93. The number of amides is 1. The molecule has 1 heterocycles. The highest BCUT2D eigenvalue weighted by molar-refractivity contribution is 5.74. The Bertz CT molecular complexity index is 824. The summed E-state index contributed by atoms with van der Waals surface area (Å²) >= 11 is 0. The van der Waals surface area contributed by atoms with Crippen molar-refractivity contribution < 1.29 is 14.6 Å². The van der Waals surface area contributed by atoms with Crippen molar-refractivity contribution in [3.63, 3.8) is 0 Å². The quantitative estimate of drug-likeness (QED) is 0.793. The lowest BCUT2D eigenvalue weighted by atomic mass is 9.98. The van der Waals surface area contributed by atoms with Gasteiger partial charge in [-0.3, -0.25) is 0 Å². The van der Waals surface area contributed by atoms with Crippen molar-refractivity contribution in [2.24, 2.45) is 5.73 Å². The van der Waals surface area contributed by atoms with Crippen LogP contribution in [0.15, 0.2) is 42.5 Å². The first-order valence-electron chi connectivity index (χ1n) is 9.88. The first-order valence-corrected chi connectivity index (χ1v) is 9.88. The third kappa shape index (κ3) is 4.07. The standard InChI is InChI=1S/C22H29N3O3/c1-3-18-15-24(22(26)27)11-12-25(18)20-10-9-16(13-17(20)14-23)19-7-5-6-8-21(19)28-4-2/h5-10,13,18H,3-4,11-12,14-15,23H2,1-2H3,(H,26,27)/t18-/m1/s1. The maximum Gasteiger partial charge on any atom is 0.407 e. The summed E-state index contributed by atoms with van der Waals surface area (Å²) in [5, 5.41) is 9.32. The molecule has 1 aliphatic rings. The molecule has 150 valence electrons. The van der Waals surface area contributed by atoms with Gasteiger partial charge in [0, 0.05) is 43.5 Å². The molecule has 1 saturated heterocycles. The summed E-state index contributed by atoms with van der Waals surface area (Å²) in [4.78, 5) is 15.1. The van der Waals surface area contributed by atoms with Crippen LogP contribution in [0.4, 0.5) is 10.5 Å². The van der Waals surface area contributed by atoms with Gasteiger partial charge in [-0.2, -0.15) is 0 Å². The molecule has 2 aromatic rings. The number of benzene rings is 2. The number of hydrogen-bond donors (Lipinski definition) is 2. The van der Waals surface area contributed by atoms with E-state index in [4.69, 9.17) is 10.5 Å². The molecule has 0 bridgehead atoms. The molecule has 0 spiro atoms. The topological polar surface area (TPSA) is 79.0 Å². The molecule has 28 heavy (non-hydrogen) atoms. The second-order valence-corrected chi connectivity index (χ2v) is 6.96. The van der Waals surface area contributed by atoms with Crippen LogP contribution in [0.25, 0.3) is 11.1 Å². The number of anilines is 1. The van der Waals surface area contributed by atoms with E-state index in [1.54, 1.807) is 0 Å². The highest BCUT2D eigenvalue weighted by atomic mass is 16.5. The summed E-state index contributed by atoms with van der Waals surface area (Å²) in [5.41, 5.74) is 10.4. The van der Waals surface area contributed by atoms with E-state index in [-0.39, 0.29) is 6.04 Å². The van der Waals surface area contributed by atoms with Crippen molar-refractivity contribution >= 4 is 11.8 Å². The van der Waals surface area contributed by atoms with Gasteiger partial charge in [-0.05, 0) is 42.7 Å². The lowest BCUT2D eigenvalue weighted by Crippen LogP contribution is -2.54. The molecule has 2 aromatic carbocycles. The van der Waals surface area contributed by atoms with Crippen LogP contribution in [-0.4, -0.2) is 48.4 Å². The summed E-state index contributed by atoms with van der Waals surface area (Å²) in [6, 6.07) is 14.5. The van der Waals surface area contributed by atoms with Crippen LogP contribution in [-0.2, 0) is 6.54 Å². The van der Waals surface area contributed by atoms with Crippen LogP contribution < -0.4 is 15.4 Å². The number of nitrogens with zero attached hydrogens (tertiary/aromatic N) is 2. The van der Waals surface area contributed by atoms with Gasteiger partial charge in [0.1, 0.15) is 5.75 Å². The van der Waals surface area contributed by atoms with E-state index in [0.29, 0.717) is 32.8 Å². The number of piperazine rings is 1. The summed E-state index contributed by atoms with van der Waals surface area (Å²) in [7, 11) is 0. The highest BCUT2D eigenvalue weighted by Crippen LogP contribution is 2.34. The number of nitrogens with two attached hydrogens (primary N) is 1. The van der Waals surface area contributed by atoms with E-state index >= 15 is 0 Å². The van der Waals surface area contributed by atoms with Gasteiger partial charge < -0.3 is 25.4 Å². The van der Waals surface area contributed by atoms with Crippen LogP contribution in [0.3, 0.4) is 0 Å². The number of para-hydroxylation sites is 1. The van der Waals surface area contributed by atoms with E-state index in [2.05, 4.69) is 36.1 Å². The molecule has 1 fully saturated rings. The Hall–Kier alpha value is -2.73. The van der Waals surface area contributed by atoms with E-state index in [1.165, 1.54) is 4.90 Å². The predicted molar refractivity (Wildman–Crippen MR) is 112 cm³/mol. The van der Waals surface area contributed by atoms with Gasteiger partial charge in [0.05, 0.1) is 6.61 Å². The average Bonchev–Trinajstić information content (AvgIpc) is 2.73. The number of rotatable bonds is 6. The molecule has 0 aromatic heterocycles. The number of carbonyl (C=O) groups is 1. The zero-order valence-corrected chi connectivity index (χ0v) is 16.6. The van der Waals surface area contributed by atoms with Crippen LogP contribution in [0.1, 0.15) is 25.8 Å². The Morgan fingerprint density at radius 3 is 2.68 bits per heavy atom. The van der Waals surface area contributed by atoms with Gasteiger partial charge in [0.25, 0.3) is 0 Å². The number of hydrogen-bond acceptors (Lipinski definition) is 4. The van der Waals surface area contributed by atoms with Crippen molar-refractivity contribution in [1.82, 2.24) is 4.90 Å². The monoisotopic (exact) mass is 383 g/mol. The molecular formula is C22H29N3O3. The summed E-state index contributed by atoms with van der Waals surface area (Å²) in [6.45, 7) is 6.81. The number of ether oxygens (including phenoxy) is 1. The zero-order valence-electron chi connectivity index (χ0n) is 16.6. The van der Waals surface area contributed by atoms with E-state index < -0.39 is 6.09 Å². The lowest BCUT2D eigenvalue weighted by Gasteiger charge is -2.42. The van der Waals surface area contributed by atoms with Crippen LogP contribution in [0, 0.1) is 0 Å². The van der Waals surface area contributed by atoms with E-state index in [0.717, 1.165) is 34.5 Å². The van der Waals surface area contributed by atoms with E-state index in [9.17, 15) is 9.90 Å². The molecule has 6 heteroatoms. The van der Waals surface area contributed by atoms with Crippen molar-refractivity contribution in [3.8, 4) is 16.9 Å². The maximum atomic E-state index is 11.3. The molecule has 6 nitrogen and oxygen atoms in total. The molecule has 0 aliphatic carbocycles. The van der Waals surface area contributed by atoms with E-state index in [1.807, 2.05) is 25.1 Å². The van der Waals surface area contributed by atoms with Crippen LogP contribution >= 0.6 is 0 Å². The minimum absolute atomic E-state index is 0.150. The molecule has 3 rings (SSSR count). The maximum absolute atomic E-state index is 11.3. The fourth-order valence-electron chi connectivity index (χ4n) is 3.88. The third-order valence-electron chi connectivity index (χ3n) is 5.33. The minimum atomic E-state index is -0.847. The van der Waals surface area contributed by atoms with Crippen LogP contribution in [0.5, 0.6) is 5.75 Å². The zero-order chi connectivity index (χ0) is 20.1. The molecule has 1 aliphatic heterocycles. The Labute approximate surface area is 166 Å². The van der Waals surface area contributed by atoms with Gasteiger partial charge >= 0.3 is 6.09 Å². The SMILES string of the molecule is CCOc1ccccc1-c1ccc(N2CCN(C(=O)O)C[C@H]2CC)c(CN)c1. The predicted octanol–water partition coefficient (Wildman–Crippen LogP) is 3.79. The summed E-state index contributed by atoms with van der Waals surface area (Å²) < 4.78 is 5.78. The van der Waals surface area contributed by atoms with Crippen molar-refractivity contribution in [2.75, 3.05) is 31.1 Å². The minimum Gasteiger partial charge on any atom is -0.493 e. The third-order valence-corrected chi connectivity index (χ3v) is 5.33. The Morgan fingerprint density at radius 1 is 1.21 bits per heavy atom. The molecule has 3 N–H and O–H groups in total. The molecule has 1 amide bonds. The normalized spacial score (nSPS) is 16.9. The van der Waals surface area contributed by atoms with Gasteiger partial charge in [-0.1, -0.05) is 31.2 Å². The fraction of sp³-hybridized carbons (Fsp3) is 0.409. The van der Waals surface area contributed by atoms with Crippen LogP contribution in [0.2, 0.25) is 0 Å². The van der Waals surface area contributed by atoms with Crippen molar-refractivity contribution in [2.45, 2.75) is 32.9 Å². The second kappa shape index (κ2) is 8.97. The van der Waals surface area contributed by atoms with Gasteiger partial charge in [0.15, 0.2) is 0 Å². The molecule has 1 atom stereocenters.